The van der Waals surface area contributed by atoms with Gasteiger partial charge < -0.3 is 10.1 Å². The van der Waals surface area contributed by atoms with Gasteiger partial charge in [0.2, 0.25) is 5.91 Å². The van der Waals surface area contributed by atoms with E-state index in [1.54, 1.807) is 12.3 Å². The summed E-state index contributed by atoms with van der Waals surface area (Å²) in [6, 6.07) is 26.3. The van der Waals surface area contributed by atoms with Crippen LogP contribution in [0.3, 0.4) is 0 Å². The van der Waals surface area contributed by atoms with Crippen molar-refractivity contribution in [2.24, 2.45) is 5.92 Å². The first kappa shape index (κ1) is 26.0. The van der Waals surface area contributed by atoms with E-state index in [0.29, 0.717) is 18.0 Å². The number of carbonyl (C=O) groups is 2. The lowest BCUT2D eigenvalue weighted by atomic mass is 9.87. The van der Waals surface area contributed by atoms with Gasteiger partial charge in [-0.15, -0.1) is 0 Å². The number of amides is 1. The number of benzene rings is 3. The Kier molecular flexibility index (Phi) is 7.43. The molecule has 6 rings (SSSR count). The van der Waals surface area contributed by atoms with Crippen LogP contribution in [0.1, 0.15) is 50.5 Å². The fraction of sp³-hybridized carbons (Fsp3) is 0.265. The summed E-state index contributed by atoms with van der Waals surface area (Å²) < 4.78 is 4.95. The molecule has 1 N–H and O–H groups in total. The molecular formula is C34H33N3O3. The van der Waals surface area contributed by atoms with Gasteiger partial charge in [0.15, 0.2) is 0 Å². The van der Waals surface area contributed by atoms with Crippen LogP contribution in [0.2, 0.25) is 0 Å². The van der Waals surface area contributed by atoms with Crippen molar-refractivity contribution in [2.75, 3.05) is 13.7 Å². The van der Waals surface area contributed by atoms with E-state index in [-0.39, 0.29) is 17.8 Å². The summed E-state index contributed by atoms with van der Waals surface area (Å²) in [5.74, 6) is 0.141. The standard InChI is InChI=1S/C34H33N3O3/c1-40-34(39)26-11-5-10-25(17-26)28-13-12-27(20-36-33(38)31-18-30(31)24-8-3-2-4-9-24)32-22-37(16-14-29(28)32)21-23-7-6-15-35-19-23/h2-13,15,17,19,30-31H,14,16,18,20-22H2,1H3,(H,36,38)/t30-,31+/m0/s1. The zero-order chi connectivity index (χ0) is 27.5. The van der Waals surface area contributed by atoms with Crippen molar-refractivity contribution in [2.45, 2.75) is 38.4 Å². The van der Waals surface area contributed by atoms with Gasteiger partial charge in [-0.05, 0) is 75.9 Å². The highest BCUT2D eigenvalue weighted by Crippen LogP contribution is 2.47. The molecule has 4 aromatic rings. The maximum atomic E-state index is 13.1. The summed E-state index contributed by atoms with van der Waals surface area (Å²) in [6.07, 6.45) is 5.51. The molecule has 6 nitrogen and oxygen atoms in total. The summed E-state index contributed by atoms with van der Waals surface area (Å²) in [4.78, 5) is 32.0. The van der Waals surface area contributed by atoms with Crippen LogP contribution in [0.5, 0.6) is 0 Å². The molecule has 1 saturated carbocycles. The van der Waals surface area contributed by atoms with E-state index in [2.05, 4.69) is 45.5 Å². The number of aromatic nitrogens is 1. The Morgan fingerprint density at radius 3 is 2.67 bits per heavy atom. The zero-order valence-corrected chi connectivity index (χ0v) is 22.7. The minimum Gasteiger partial charge on any atom is -0.465 e. The fourth-order valence-corrected chi connectivity index (χ4v) is 5.92. The number of nitrogens with one attached hydrogen (secondary N) is 1. The second-order valence-corrected chi connectivity index (χ2v) is 10.7. The van der Waals surface area contributed by atoms with Gasteiger partial charge in [-0.3, -0.25) is 14.7 Å². The first-order valence-corrected chi connectivity index (χ1v) is 13.9. The van der Waals surface area contributed by atoms with Crippen LogP contribution in [0, 0.1) is 5.92 Å². The molecule has 2 heterocycles. The van der Waals surface area contributed by atoms with E-state index in [1.165, 1.54) is 29.4 Å². The molecule has 6 heteroatoms. The Hall–Kier alpha value is -4.29. The van der Waals surface area contributed by atoms with Crippen molar-refractivity contribution in [3.63, 3.8) is 0 Å². The van der Waals surface area contributed by atoms with Gasteiger partial charge in [0, 0.05) is 44.5 Å². The number of rotatable bonds is 8. The monoisotopic (exact) mass is 531 g/mol. The average molecular weight is 532 g/mol. The topological polar surface area (TPSA) is 71.5 Å². The third-order valence-electron chi connectivity index (χ3n) is 8.12. The summed E-state index contributed by atoms with van der Waals surface area (Å²) >= 11 is 0. The third-order valence-corrected chi connectivity index (χ3v) is 8.12. The minimum atomic E-state index is -0.341. The largest absolute Gasteiger partial charge is 0.465 e. The molecule has 1 amide bonds. The van der Waals surface area contributed by atoms with E-state index in [1.807, 2.05) is 48.7 Å². The smallest absolute Gasteiger partial charge is 0.337 e. The molecule has 2 aliphatic rings. The molecule has 0 unspecified atom stereocenters. The van der Waals surface area contributed by atoms with E-state index in [0.717, 1.165) is 49.2 Å². The summed E-state index contributed by atoms with van der Waals surface area (Å²) in [6.45, 7) is 3.03. The molecule has 1 aliphatic carbocycles. The number of hydrogen-bond acceptors (Lipinski definition) is 5. The second kappa shape index (κ2) is 11.4. The number of methoxy groups -OCH3 is 1. The molecule has 1 fully saturated rings. The Morgan fingerprint density at radius 2 is 1.88 bits per heavy atom. The van der Waals surface area contributed by atoms with E-state index in [9.17, 15) is 9.59 Å². The summed E-state index contributed by atoms with van der Waals surface area (Å²) in [5.41, 5.74) is 8.77. The lowest BCUT2D eigenvalue weighted by Crippen LogP contribution is -2.32. The van der Waals surface area contributed by atoms with E-state index >= 15 is 0 Å². The van der Waals surface area contributed by atoms with Crippen LogP contribution in [-0.2, 0) is 35.6 Å². The predicted molar refractivity (Wildman–Crippen MR) is 154 cm³/mol. The van der Waals surface area contributed by atoms with Gasteiger partial charge in [-0.25, -0.2) is 4.79 Å². The fourth-order valence-electron chi connectivity index (χ4n) is 5.92. The number of hydrogen-bond donors (Lipinski definition) is 1. The molecular weight excluding hydrogens is 498 g/mol. The lowest BCUT2D eigenvalue weighted by molar-refractivity contribution is -0.122. The molecule has 0 bridgehead atoms. The van der Waals surface area contributed by atoms with Crippen LogP contribution in [0.15, 0.2) is 91.3 Å². The molecule has 40 heavy (non-hydrogen) atoms. The second-order valence-electron chi connectivity index (χ2n) is 10.7. The van der Waals surface area contributed by atoms with Crippen molar-refractivity contribution in [3.05, 3.63) is 125 Å². The van der Waals surface area contributed by atoms with Crippen molar-refractivity contribution in [1.82, 2.24) is 15.2 Å². The molecule has 0 radical (unpaired) electrons. The number of fused-ring (bicyclic) bond motifs is 1. The van der Waals surface area contributed by atoms with E-state index < -0.39 is 0 Å². The van der Waals surface area contributed by atoms with E-state index in [4.69, 9.17) is 4.74 Å². The van der Waals surface area contributed by atoms with Gasteiger partial charge in [-0.2, -0.15) is 0 Å². The number of nitrogens with zero attached hydrogens (tertiary/aromatic N) is 2. The van der Waals surface area contributed by atoms with Gasteiger partial charge in [0.05, 0.1) is 12.7 Å². The van der Waals surface area contributed by atoms with Crippen LogP contribution >= 0.6 is 0 Å². The molecule has 0 saturated heterocycles. The van der Waals surface area contributed by atoms with Crippen LogP contribution in [-0.4, -0.2) is 35.4 Å². The number of carbonyl (C=O) groups excluding carboxylic acids is 2. The van der Waals surface area contributed by atoms with Gasteiger partial charge in [0.1, 0.15) is 0 Å². The van der Waals surface area contributed by atoms with Crippen molar-refractivity contribution in [1.29, 1.82) is 0 Å². The van der Waals surface area contributed by atoms with Gasteiger partial charge in [-0.1, -0.05) is 60.7 Å². The Morgan fingerprint density at radius 1 is 1.00 bits per heavy atom. The number of pyridine rings is 1. The third kappa shape index (κ3) is 5.54. The highest BCUT2D eigenvalue weighted by atomic mass is 16.5. The Bertz CT molecular complexity index is 1520. The molecule has 1 aromatic heterocycles. The molecule has 202 valence electrons. The van der Waals surface area contributed by atoms with Crippen LogP contribution in [0.25, 0.3) is 11.1 Å². The summed E-state index contributed by atoms with van der Waals surface area (Å²) in [5, 5.41) is 3.24. The van der Waals surface area contributed by atoms with Crippen LogP contribution in [0.4, 0.5) is 0 Å². The Balaban J connectivity index is 1.25. The highest BCUT2D eigenvalue weighted by molar-refractivity contribution is 5.91. The lowest BCUT2D eigenvalue weighted by Gasteiger charge is -2.32. The summed E-state index contributed by atoms with van der Waals surface area (Å²) in [7, 11) is 1.40. The first-order valence-electron chi connectivity index (χ1n) is 13.9. The first-order chi connectivity index (χ1) is 19.6. The molecule has 3 aromatic carbocycles. The number of esters is 1. The van der Waals surface area contributed by atoms with Crippen molar-refractivity contribution < 1.29 is 14.3 Å². The van der Waals surface area contributed by atoms with Gasteiger partial charge >= 0.3 is 5.97 Å². The SMILES string of the molecule is COC(=O)c1cccc(-c2ccc(CNC(=O)[C@@H]3C[C@H]3c3ccccc3)c3c2CCN(Cc2cccnc2)C3)c1. The maximum Gasteiger partial charge on any atom is 0.337 e. The normalized spacial score (nSPS) is 18.0. The maximum absolute atomic E-state index is 13.1. The van der Waals surface area contributed by atoms with Crippen molar-refractivity contribution >= 4 is 11.9 Å². The minimum absolute atomic E-state index is 0.0423. The quantitative estimate of drug-likeness (QED) is 0.304. The van der Waals surface area contributed by atoms with Gasteiger partial charge in [0.25, 0.3) is 0 Å². The molecule has 2 atom stereocenters. The molecule has 1 aliphatic heterocycles. The zero-order valence-electron chi connectivity index (χ0n) is 22.7. The number of ether oxygens (including phenoxy) is 1. The Labute approximate surface area is 235 Å². The predicted octanol–water partition coefficient (Wildman–Crippen LogP) is 5.51. The average Bonchev–Trinajstić information content (AvgIpc) is 3.82. The highest BCUT2D eigenvalue weighted by Gasteiger charge is 2.43. The van der Waals surface area contributed by atoms with Crippen LogP contribution < -0.4 is 5.32 Å². The molecule has 0 spiro atoms. The van der Waals surface area contributed by atoms with Crippen molar-refractivity contribution in [3.8, 4) is 11.1 Å².